The summed E-state index contributed by atoms with van der Waals surface area (Å²) in [5.74, 6) is 0.0419. The number of ether oxygens (including phenoxy) is 1. The molecule has 0 saturated carbocycles. The summed E-state index contributed by atoms with van der Waals surface area (Å²) in [6.45, 7) is 6.28. The van der Waals surface area contributed by atoms with Gasteiger partial charge in [0.05, 0.1) is 22.4 Å². The number of nitrogens with one attached hydrogen (secondary N) is 1. The maximum atomic E-state index is 12.3. The van der Waals surface area contributed by atoms with E-state index in [9.17, 15) is 4.79 Å². The molecule has 23 heavy (non-hydrogen) atoms. The number of hydrogen-bond donors (Lipinski definition) is 1. The molecule has 1 aromatic carbocycles. The maximum absolute atomic E-state index is 12.3. The summed E-state index contributed by atoms with van der Waals surface area (Å²) in [4.78, 5) is 17.0. The Labute approximate surface area is 140 Å². The van der Waals surface area contributed by atoms with Crippen LogP contribution in [0.25, 0.3) is 11.0 Å². The molecular weight excluding hydrogens is 310 g/mol. The first kappa shape index (κ1) is 16.3. The lowest BCUT2D eigenvalue weighted by molar-refractivity contribution is -0.120. The molecule has 5 nitrogen and oxygen atoms in total. The van der Waals surface area contributed by atoms with Gasteiger partial charge >= 0.3 is 0 Å². The van der Waals surface area contributed by atoms with Gasteiger partial charge in [0.15, 0.2) is 5.16 Å². The number of aryl methyl sites for hydroxylation is 1. The number of imidazole rings is 1. The Bertz CT molecular complexity index is 680. The molecule has 2 heterocycles. The quantitative estimate of drug-likeness (QED) is 0.826. The Hall–Kier alpha value is -1.53. The van der Waals surface area contributed by atoms with Crippen molar-refractivity contribution in [3.63, 3.8) is 0 Å². The summed E-state index contributed by atoms with van der Waals surface area (Å²) in [6.07, 6.45) is 2.30. The van der Waals surface area contributed by atoms with Gasteiger partial charge < -0.3 is 14.6 Å². The SMILES string of the molecule is CCn1c(S[C@@H](C)C(=O)NC[C@@H]2CCCO2)nc2ccccc21. The van der Waals surface area contributed by atoms with Crippen LogP contribution in [0, 0.1) is 0 Å². The molecular formula is C17H23N3O2S. The zero-order chi connectivity index (χ0) is 16.2. The standard InChI is InChI=1S/C17H23N3O2S/c1-3-20-15-9-5-4-8-14(15)19-17(20)23-12(2)16(21)18-11-13-7-6-10-22-13/h4-5,8-9,12-13H,3,6-7,10-11H2,1-2H3,(H,18,21)/t12-,13-/m0/s1. The molecule has 0 unspecified atom stereocenters. The largest absolute Gasteiger partial charge is 0.376 e. The summed E-state index contributed by atoms with van der Waals surface area (Å²) >= 11 is 1.51. The van der Waals surface area contributed by atoms with E-state index in [2.05, 4.69) is 27.9 Å². The number of nitrogens with zero attached hydrogens (tertiary/aromatic N) is 2. The summed E-state index contributed by atoms with van der Waals surface area (Å²) in [6, 6.07) is 8.08. The van der Waals surface area contributed by atoms with E-state index >= 15 is 0 Å². The van der Waals surface area contributed by atoms with Crippen molar-refractivity contribution >= 4 is 28.7 Å². The topological polar surface area (TPSA) is 56.2 Å². The van der Waals surface area contributed by atoms with E-state index < -0.39 is 0 Å². The van der Waals surface area contributed by atoms with Crippen molar-refractivity contribution in [1.82, 2.24) is 14.9 Å². The highest BCUT2D eigenvalue weighted by Crippen LogP contribution is 2.27. The molecule has 1 aromatic heterocycles. The van der Waals surface area contributed by atoms with Gasteiger partial charge in [-0.25, -0.2) is 4.98 Å². The number of para-hydroxylation sites is 2. The number of fused-ring (bicyclic) bond motifs is 1. The second-order valence-corrected chi connectivity index (χ2v) is 7.08. The van der Waals surface area contributed by atoms with E-state index in [-0.39, 0.29) is 17.3 Å². The van der Waals surface area contributed by atoms with Gasteiger partial charge in [0.25, 0.3) is 0 Å². The molecule has 0 aliphatic carbocycles. The minimum Gasteiger partial charge on any atom is -0.376 e. The predicted molar refractivity (Wildman–Crippen MR) is 92.7 cm³/mol. The average molecular weight is 333 g/mol. The molecule has 2 atom stereocenters. The van der Waals surface area contributed by atoms with Crippen LogP contribution in [-0.2, 0) is 16.1 Å². The molecule has 0 radical (unpaired) electrons. The van der Waals surface area contributed by atoms with E-state index in [1.807, 2.05) is 25.1 Å². The minimum absolute atomic E-state index is 0.0419. The fourth-order valence-corrected chi connectivity index (χ4v) is 3.84. The highest BCUT2D eigenvalue weighted by molar-refractivity contribution is 8.00. The van der Waals surface area contributed by atoms with Crippen molar-refractivity contribution in [3.05, 3.63) is 24.3 Å². The van der Waals surface area contributed by atoms with E-state index in [0.717, 1.165) is 42.2 Å². The van der Waals surface area contributed by atoms with Gasteiger partial charge in [-0.3, -0.25) is 4.79 Å². The molecule has 1 aliphatic heterocycles. The Morgan fingerprint density at radius 2 is 2.35 bits per heavy atom. The van der Waals surface area contributed by atoms with Crippen molar-refractivity contribution < 1.29 is 9.53 Å². The first-order valence-corrected chi connectivity index (χ1v) is 9.08. The van der Waals surface area contributed by atoms with Crippen LogP contribution in [0.5, 0.6) is 0 Å². The third-order valence-corrected chi connectivity index (χ3v) is 5.21. The summed E-state index contributed by atoms with van der Waals surface area (Å²) in [5.41, 5.74) is 2.09. The third kappa shape index (κ3) is 3.70. The molecule has 3 rings (SSSR count). The smallest absolute Gasteiger partial charge is 0.233 e. The van der Waals surface area contributed by atoms with Gasteiger partial charge in [0.1, 0.15) is 0 Å². The fourth-order valence-electron chi connectivity index (χ4n) is 2.82. The van der Waals surface area contributed by atoms with E-state index in [1.54, 1.807) is 0 Å². The highest BCUT2D eigenvalue weighted by Gasteiger charge is 2.21. The lowest BCUT2D eigenvalue weighted by Crippen LogP contribution is -2.36. The molecule has 0 bridgehead atoms. The molecule has 1 aliphatic rings. The monoisotopic (exact) mass is 333 g/mol. The van der Waals surface area contributed by atoms with Crippen LogP contribution in [0.2, 0.25) is 0 Å². The number of carbonyl (C=O) groups excluding carboxylic acids is 1. The molecule has 2 aromatic rings. The molecule has 0 spiro atoms. The lowest BCUT2D eigenvalue weighted by atomic mass is 10.2. The summed E-state index contributed by atoms with van der Waals surface area (Å²) in [5, 5.41) is 3.71. The van der Waals surface area contributed by atoms with Gasteiger partial charge in [-0.1, -0.05) is 23.9 Å². The lowest BCUT2D eigenvalue weighted by Gasteiger charge is -2.15. The average Bonchev–Trinajstić information content (AvgIpc) is 3.19. The van der Waals surface area contributed by atoms with Gasteiger partial charge in [-0.15, -0.1) is 0 Å². The maximum Gasteiger partial charge on any atom is 0.233 e. The number of benzene rings is 1. The predicted octanol–water partition coefficient (Wildman–Crippen LogP) is 2.83. The number of carbonyl (C=O) groups is 1. The molecule has 124 valence electrons. The van der Waals surface area contributed by atoms with Crippen molar-refractivity contribution in [1.29, 1.82) is 0 Å². The van der Waals surface area contributed by atoms with E-state index in [1.165, 1.54) is 11.8 Å². The first-order chi connectivity index (χ1) is 11.2. The highest BCUT2D eigenvalue weighted by atomic mass is 32.2. The third-order valence-electron chi connectivity index (χ3n) is 4.12. The van der Waals surface area contributed by atoms with E-state index in [4.69, 9.17) is 4.74 Å². The van der Waals surface area contributed by atoms with E-state index in [0.29, 0.717) is 6.54 Å². The number of aromatic nitrogens is 2. The molecule has 6 heteroatoms. The van der Waals surface area contributed by atoms with Crippen molar-refractivity contribution in [3.8, 4) is 0 Å². The molecule has 1 fully saturated rings. The van der Waals surface area contributed by atoms with Gasteiger partial charge in [-0.05, 0) is 38.8 Å². The zero-order valence-electron chi connectivity index (χ0n) is 13.6. The van der Waals surface area contributed by atoms with Crippen LogP contribution in [0.3, 0.4) is 0 Å². The van der Waals surface area contributed by atoms with Crippen molar-refractivity contribution in [2.45, 2.75) is 49.7 Å². The fraction of sp³-hybridized carbons (Fsp3) is 0.529. The van der Waals surface area contributed by atoms with Crippen LogP contribution in [0.4, 0.5) is 0 Å². The zero-order valence-corrected chi connectivity index (χ0v) is 14.4. The number of rotatable bonds is 6. The minimum atomic E-state index is -0.182. The Morgan fingerprint density at radius 3 is 3.09 bits per heavy atom. The van der Waals surface area contributed by atoms with Gasteiger partial charge in [0.2, 0.25) is 5.91 Å². The van der Waals surface area contributed by atoms with Crippen LogP contribution >= 0.6 is 11.8 Å². The number of thioether (sulfide) groups is 1. The first-order valence-electron chi connectivity index (χ1n) is 8.20. The molecule has 1 saturated heterocycles. The number of amides is 1. The van der Waals surface area contributed by atoms with Gasteiger partial charge in [0, 0.05) is 19.7 Å². The normalized spacial score (nSPS) is 19.1. The van der Waals surface area contributed by atoms with Gasteiger partial charge in [-0.2, -0.15) is 0 Å². The van der Waals surface area contributed by atoms with Crippen LogP contribution < -0.4 is 5.32 Å². The Balaban J connectivity index is 1.64. The Morgan fingerprint density at radius 1 is 1.52 bits per heavy atom. The van der Waals surface area contributed by atoms with Crippen LogP contribution in [0.1, 0.15) is 26.7 Å². The molecule has 1 N–H and O–H groups in total. The summed E-state index contributed by atoms with van der Waals surface area (Å²) in [7, 11) is 0. The van der Waals surface area contributed by atoms with Crippen molar-refractivity contribution in [2.75, 3.05) is 13.2 Å². The second kappa shape index (κ2) is 7.36. The summed E-state index contributed by atoms with van der Waals surface area (Å²) < 4.78 is 7.70. The van der Waals surface area contributed by atoms with Crippen LogP contribution in [0.15, 0.2) is 29.4 Å². The molecule has 1 amide bonds. The Kier molecular flexibility index (Phi) is 5.23. The van der Waals surface area contributed by atoms with Crippen LogP contribution in [-0.4, -0.2) is 40.0 Å². The second-order valence-electron chi connectivity index (χ2n) is 5.77. The van der Waals surface area contributed by atoms with Crippen molar-refractivity contribution in [2.24, 2.45) is 0 Å². The number of hydrogen-bond acceptors (Lipinski definition) is 4.